The minimum Gasteiger partial charge on any atom is -0.312 e. The topological polar surface area (TPSA) is 12.0 Å². The quantitative estimate of drug-likeness (QED) is 0.898. The summed E-state index contributed by atoms with van der Waals surface area (Å²) in [5.41, 5.74) is 4.33. The lowest BCUT2D eigenvalue weighted by atomic mass is 9.87. The van der Waals surface area contributed by atoms with Gasteiger partial charge in [-0.25, -0.2) is 0 Å². The lowest BCUT2D eigenvalue weighted by Crippen LogP contribution is -2.32. The Labute approximate surface area is 125 Å². The maximum absolute atomic E-state index is 3.52. The molecular formula is C18H21NS. The first-order valence-electron chi connectivity index (χ1n) is 7.26. The Balaban J connectivity index is 1.84. The fraction of sp³-hybridized carbons (Fsp3) is 0.333. The van der Waals surface area contributed by atoms with E-state index in [1.807, 2.05) is 11.8 Å². The Morgan fingerprint density at radius 1 is 1.10 bits per heavy atom. The first kappa shape index (κ1) is 13.7. The van der Waals surface area contributed by atoms with E-state index in [2.05, 4.69) is 67.8 Å². The van der Waals surface area contributed by atoms with Crippen LogP contribution in [0.4, 0.5) is 0 Å². The van der Waals surface area contributed by atoms with Crippen LogP contribution in [0.25, 0.3) is 0 Å². The van der Waals surface area contributed by atoms with Crippen LogP contribution in [0.1, 0.15) is 29.2 Å². The molecule has 2 heteroatoms. The minimum atomic E-state index is 0.450. The second-order valence-electron chi connectivity index (χ2n) is 5.48. The second kappa shape index (κ2) is 6.02. The van der Waals surface area contributed by atoms with Crippen LogP contribution in [0.15, 0.2) is 53.4 Å². The summed E-state index contributed by atoms with van der Waals surface area (Å²) in [7, 11) is 2.08. The van der Waals surface area contributed by atoms with Crippen LogP contribution in [0.2, 0.25) is 0 Å². The molecule has 0 amide bonds. The molecule has 1 aliphatic rings. The summed E-state index contributed by atoms with van der Waals surface area (Å²) in [5.74, 6) is 0. The SMILES string of the molecule is CNC1c2ccccc2CCC1Sc1cccc(C)c1. The molecule has 0 spiro atoms. The molecule has 2 atom stereocenters. The number of rotatable bonds is 3. The molecule has 0 heterocycles. The van der Waals surface area contributed by atoms with Crippen LogP contribution in [-0.2, 0) is 6.42 Å². The second-order valence-corrected chi connectivity index (χ2v) is 6.79. The van der Waals surface area contributed by atoms with E-state index in [-0.39, 0.29) is 0 Å². The average molecular weight is 283 g/mol. The summed E-state index contributed by atoms with van der Waals surface area (Å²) in [6.45, 7) is 2.16. The molecule has 1 aliphatic carbocycles. The maximum atomic E-state index is 3.52. The highest BCUT2D eigenvalue weighted by Crippen LogP contribution is 2.39. The third kappa shape index (κ3) is 2.77. The number of hydrogen-bond acceptors (Lipinski definition) is 2. The summed E-state index contributed by atoms with van der Waals surface area (Å²) in [6, 6.07) is 18.1. The largest absolute Gasteiger partial charge is 0.312 e. The molecule has 3 rings (SSSR count). The van der Waals surface area contributed by atoms with Gasteiger partial charge >= 0.3 is 0 Å². The number of thioether (sulfide) groups is 1. The van der Waals surface area contributed by atoms with E-state index in [0.717, 1.165) is 0 Å². The van der Waals surface area contributed by atoms with Gasteiger partial charge in [0.2, 0.25) is 0 Å². The third-order valence-corrected chi connectivity index (χ3v) is 5.38. The van der Waals surface area contributed by atoms with Crippen molar-refractivity contribution < 1.29 is 0 Å². The molecule has 2 unspecified atom stereocenters. The van der Waals surface area contributed by atoms with Gasteiger partial charge in [0, 0.05) is 16.2 Å². The Bertz CT molecular complexity index is 593. The van der Waals surface area contributed by atoms with Crippen molar-refractivity contribution in [3.8, 4) is 0 Å². The zero-order chi connectivity index (χ0) is 13.9. The van der Waals surface area contributed by atoms with Gasteiger partial charge in [-0.15, -0.1) is 11.8 Å². The summed E-state index contributed by atoms with van der Waals surface area (Å²) in [6.07, 6.45) is 2.43. The van der Waals surface area contributed by atoms with Crippen molar-refractivity contribution in [2.45, 2.75) is 36.0 Å². The number of nitrogens with one attached hydrogen (secondary N) is 1. The van der Waals surface area contributed by atoms with Crippen LogP contribution in [0, 0.1) is 6.92 Å². The molecule has 0 saturated heterocycles. The first-order valence-corrected chi connectivity index (χ1v) is 8.14. The van der Waals surface area contributed by atoms with E-state index in [0.29, 0.717) is 11.3 Å². The van der Waals surface area contributed by atoms with Gasteiger partial charge in [-0.3, -0.25) is 0 Å². The Morgan fingerprint density at radius 3 is 2.75 bits per heavy atom. The zero-order valence-electron chi connectivity index (χ0n) is 12.1. The standard InChI is InChI=1S/C18H21NS/c1-13-6-5-8-15(12-13)20-17-11-10-14-7-3-4-9-16(14)18(17)19-2/h3-9,12,17-19H,10-11H2,1-2H3. The van der Waals surface area contributed by atoms with E-state index in [1.54, 1.807) is 0 Å². The monoisotopic (exact) mass is 283 g/mol. The van der Waals surface area contributed by atoms with Gasteiger partial charge in [0.05, 0.1) is 0 Å². The van der Waals surface area contributed by atoms with Crippen LogP contribution >= 0.6 is 11.8 Å². The molecule has 20 heavy (non-hydrogen) atoms. The van der Waals surface area contributed by atoms with Crippen molar-refractivity contribution in [3.05, 3.63) is 65.2 Å². The van der Waals surface area contributed by atoms with Gasteiger partial charge in [0.25, 0.3) is 0 Å². The van der Waals surface area contributed by atoms with Crippen molar-refractivity contribution in [1.82, 2.24) is 5.32 Å². The van der Waals surface area contributed by atoms with E-state index in [4.69, 9.17) is 0 Å². The number of hydrogen-bond donors (Lipinski definition) is 1. The van der Waals surface area contributed by atoms with Crippen LogP contribution < -0.4 is 5.32 Å². The van der Waals surface area contributed by atoms with Crippen LogP contribution in [0.3, 0.4) is 0 Å². The van der Waals surface area contributed by atoms with Crippen molar-refractivity contribution in [1.29, 1.82) is 0 Å². The fourth-order valence-corrected chi connectivity index (χ4v) is 4.48. The number of aryl methyl sites for hydroxylation is 2. The number of fused-ring (bicyclic) bond motifs is 1. The molecule has 0 aliphatic heterocycles. The molecule has 0 bridgehead atoms. The summed E-state index contributed by atoms with van der Waals surface area (Å²) >= 11 is 2.01. The van der Waals surface area contributed by atoms with Gasteiger partial charge < -0.3 is 5.32 Å². The van der Waals surface area contributed by atoms with E-state index in [9.17, 15) is 0 Å². The minimum absolute atomic E-state index is 0.450. The number of benzene rings is 2. The van der Waals surface area contributed by atoms with E-state index in [1.165, 1.54) is 34.4 Å². The molecule has 0 saturated carbocycles. The lowest BCUT2D eigenvalue weighted by molar-refractivity contribution is 0.510. The highest BCUT2D eigenvalue weighted by atomic mass is 32.2. The third-order valence-electron chi connectivity index (χ3n) is 4.05. The molecule has 2 aromatic carbocycles. The van der Waals surface area contributed by atoms with Crippen molar-refractivity contribution in [3.63, 3.8) is 0 Å². The zero-order valence-corrected chi connectivity index (χ0v) is 12.9. The molecular weight excluding hydrogens is 262 g/mol. The lowest BCUT2D eigenvalue weighted by Gasteiger charge is -2.33. The Morgan fingerprint density at radius 2 is 1.95 bits per heavy atom. The van der Waals surface area contributed by atoms with Crippen LogP contribution in [0.5, 0.6) is 0 Å². The Hall–Kier alpha value is -1.25. The highest BCUT2D eigenvalue weighted by Gasteiger charge is 2.28. The first-order chi connectivity index (χ1) is 9.78. The van der Waals surface area contributed by atoms with Crippen molar-refractivity contribution in [2.75, 3.05) is 7.05 Å². The van der Waals surface area contributed by atoms with E-state index >= 15 is 0 Å². The average Bonchev–Trinajstić information content (AvgIpc) is 2.47. The predicted octanol–water partition coefficient (Wildman–Crippen LogP) is 4.36. The maximum Gasteiger partial charge on any atom is 0.0444 e. The molecule has 0 fully saturated rings. The highest BCUT2D eigenvalue weighted by molar-refractivity contribution is 8.00. The summed E-state index contributed by atoms with van der Waals surface area (Å²) in [4.78, 5) is 1.38. The summed E-state index contributed by atoms with van der Waals surface area (Å²) < 4.78 is 0. The predicted molar refractivity (Wildman–Crippen MR) is 87.4 cm³/mol. The van der Waals surface area contributed by atoms with Gasteiger partial charge in [-0.05, 0) is 50.1 Å². The van der Waals surface area contributed by atoms with Gasteiger partial charge in [-0.2, -0.15) is 0 Å². The molecule has 104 valence electrons. The molecule has 1 nitrogen and oxygen atoms in total. The van der Waals surface area contributed by atoms with Crippen molar-refractivity contribution >= 4 is 11.8 Å². The van der Waals surface area contributed by atoms with E-state index < -0.39 is 0 Å². The normalized spacial score (nSPS) is 21.5. The van der Waals surface area contributed by atoms with Gasteiger partial charge in [0.1, 0.15) is 0 Å². The molecule has 1 N–H and O–H groups in total. The van der Waals surface area contributed by atoms with Gasteiger partial charge in [-0.1, -0.05) is 42.0 Å². The molecule has 2 aromatic rings. The van der Waals surface area contributed by atoms with Crippen LogP contribution in [-0.4, -0.2) is 12.3 Å². The van der Waals surface area contributed by atoms with Gasteiger partial charge in [0.15, 0.2) is 0 Å². The van der Waals surface area contributed by atoms with Crippen molar-refractivity contribution in [2.24, 2.45) is 0 Å². The fourth-order valence-electron chi connectivity index (χ4n) is 3.06. The molecule has 0 radical (unpaired) electrons. The Kier molecular flexibility index (Phi) is 4.13. The summed E-state index contributed by atoms with van der Waals surface area (Å²) in [5, 5.41) is 4.13. The molecule has 0 aromatic heterocycles. The smallest absolute Gasteiger partial charge is 0.0444 e.